The SMILES string of the molecule is CCCc1ccc(S(=O)(=O)Nc2cc(Br)cnc2Cl)cc1. The van der Waals surface area contributed by atoms with Crippen LogP contribution < -0.4 is 4.72 Å². The number of hydrogen-bond acceptors (Lipinski definition) is 3. The van der Waals surface area contributed by atoms with Crippen LogP contribution in [0.2, 0.25) is 5.15 Å². The van der Waals surface area contributed by atoms with Crippen LogP contribution in [0.25, 0.3) is 0 Å². The first kappa shape index (κ1) is 16.3. The number of nitrogens with one attached hydrogen (secondary N) is 1. The largest absolute Gasteiger partial charge is 0.276 e. The number of pyridine rings is 1. The predicted molar refractivity (Wildman–Crippen MR) is 88.2 cm³/mol. The van der Waals surface area contributed by atoms with Crippen LogP contribution in [0.1, 0.15) is 18.9 Å². The summed E-state index contributed by atoms with van der Waals surface area (Å²) in [7, 11) is -3.68. The van der Waals surface area contributed by atoms with Crippen LogP contribution in [0.4, 0.5) is 5.69 Å². The lowest BCUT2D eigenvalue weighted by atomic mass is 10.1. The van der Waals surface area contributed by atoms with Crippen molar-refractivity contribution in [3.05, 3.63) is 51.7 Å². The summed E-state index contributed by atoms with van der Waals surface area (Å²) >= 11 is 9.13. The van der Waals surface area contributed by atoms with Gasteiger partial charge in [-0.3, -0.25) is 4.72 Å². The number of halogens is 2. The molecular weight excluding hydrogens is 376 g/mol. The Bertz CT molecular complexity index is 733. The van der Waals surface area contributed by atoms with Crippen molar-refractivity contribution in [3.8, 4) is 0 Å². The van der Waals surface area contributed by atoms with Gasteiger partial charge in [-0.15, -0.1) is 0 Å². The fraction of sp³-hybridized carbons (Fsp3) is 0.214. The highest BCUT2D eigenvalue weighted by atomic mass is 79.9. The number of benzene rings is 1. The molecule has 0 atom stereocenters. The lowest BCUT2D eigenvalue weighted by Crippen LogP contribution is -2.13. The molecule has 21 heavy (non-hydrogen) atoms. The number of aryl methyl sites for hydroxylation is 1. The molecule has 112 valence electrons. The molecule has 4 nitrogen and oxygen atoms in total. The summed E-state index contributed by atoms with van der Waals surface area (Å²) in [5.41, 5.74) is 1.35. The molecule has 1 N–H and O–H groups in total. The van der Waals surface area contributed by atoms with Crippen LogP contribution >= 0.6 is 27.5 Å². The molecule has 1 heterocycles. The van der Waals surface area contributed by atoms with Crippen LogP contribution in [0.3, 0.4) is 0 Å². The van der Waals surface area contributed by atoms with E-state index < -0.39 is 10.0 Å². The van der Waals surface area contributed by atoms with Crippen LogP contribution in [0.5, 0.6) is 0 Å². The average Bonchev–Trinajstić information content (AvgIpc) is 2.44. The Hall–Kier alpha value is -1.11. The Morgan fingerprint density at radius 1 is 1.29 bits per heavy atom. The fourth-order valence-corrected chi connectivity index (χ4v) is 3.42. The van der Waals surface area contributed by atoms with Crippen molar-refractivity contribution in [3.63, 3.8) is 0 Å². The van der Waals surface area contributed by atoms with Gasteiger partial charge in [-0.05, 0) is 46.1 Å². The number of hydrogen-bond donors (Lipinski definition) is 1. The topological polar surface area (TPSA) is 59.1 Å². The second-order valence-electron chi connectivity index (χ2n) is 4.49. The Kier molecular flexibility index (Phi) is 5.24. The molecule has 0 aliphatic heterocycles. The monoisotopic (exact) mass is 388 g/mol. The maximum absolute atomic E-state index is 12.3. The molecule has 1 aromatic carbocycles. The van der Waals surface area contributed by atoms with E-state index in [1.165, 1.54) is 6.20 Å². The Morgan fingerprint density at radius 3 is 2.57 bits per heavy atom. The van der Waals surface area contributed by atoms with Crippen LogP contribution in [0, 0.1) is 0 Å². The number of anilines is 1. The Balaban J connectivity index is 2.27. The molecule has 2 rings (SSSR count). The molecule has 0 aliphatic rings. The van der Waals surface area contributed by atoms with Crippen molar-refractivity contribution in [2.75, 3.05) is 4.72 Å². The summed E-state index contributed by atoms with van der Waals surface area (Å²) in [6, 6.07) is 8.38. The second kappa shape index (κ2) is 6.77. The third-order valence-corrected chi connectivity index (χ3v) is 4.94. The standard InChI is InChI=1S/C14H14BrClN2O2S/c1-2-3-10-4-6-12(7-5-10)21(19,20)18-13-8-11(15)9-17-14(13)16/h4-9,18H,2-3H2,1H3. The summed E-state index contributed by atoms with van der Waals surface area (Å²) in [4.78, 5) is 4.08. The molecule has 0 saturated heterocycles. The van der Waals surface area contributed by atoms with E-state index in [2.05, 4.69) is 32.6 Å². The molecule has 0 aliphatic carbocycles. The first-order chi connectivity index (χ1) is 9.92. The van der Waals surface area contributed by atoms with Crippen molar-refractivity contribution in [2.45, 2.75) is 24.7 Å². The molecule has 1 aromatic heterocycles. The fourth-order valence-electron chi connectivity index (χ4n) is 1.82. The summed E-state index contributed by atoms with van der Waals surface area (Å²) in [5, 5.41) is 0.101. The number of aromatic nitrogens is 1. The minimum atomic E-state index is -3.68. The summed E-state index contributed by atoms with van der Waals surface area (Å²) in [6.45, 7) is 2.08. The molecule has 0 saturated carbocycles. The van der Waals surface area contributed by atoms with Crippen molar-refractivity contribution in [1.29, 1.82) is 0 Å². The highest BCUT2D eigenvalue weighted by Crippen LogP contribution is 2.25. The molecule has 0 radical (unpaired) electrons. The Morgan fingerprint density at radius 2 is 1.95 bits per heavy atom. The third-order valence-electron chi connectivity index (χ3n) is 2.82. The maximum Gasteiger partial charge on any atom is 0.261 e. The Labute approximate surface area is 137 Å². The van der Waals surface area contributed by atoms with Gasteiger partial charge in [-0.1, -0.05) is 37.1 Å². The summed E-state index contributed by atoms with van der Waals surface area (Å²) in [6.07, 6.45) is 3.44. The quantitative estimate of drug-likeness (QED) is 0.778. The van der Waals surface area contributed by atoms with Gasteiger partial charge in [0.05, 0.1) is 10.6 Å². The van der Waals surface area contributed by atoms with Crippen molar-refractivity contribution in [2.24, 2.45) is 0 Å². The molecule has 0 spiro atoms. The number of nitrogens with zero attached hydrogens (tertiary/aromatic N) is 1. The zero-order valence-corrected chi connectivity index (χ0v) is 14.5. The molecule has 0 unspecified atom stereocenters. The van der Waals surface area contributed by atoms with Gasteiger partial charge in [-0.2, -0.15) is 0 Å². The minimum Gasteiger partial charge on any atom is -0.276 e. The summed E-state index contributed by atoms with van der Waals surface area (Å²) in [5.74, 6) is 0. The van der Waals surface area contributed by atoms with E-state index in [1.807, 2.05) is 12.1 Å². The molecule has 0 bridgehead atoms. The predicted octanol–water partition coefficient (Wildman–Crippen LogP) is 4.25. The molecular formula is C14H14BrClN2O2S. The van der Waals surface area contributed by atoms with Crippen LogP contribution in [0.15, 0.2) is 45.9 Å². The lowest BCUT2D eigenvalue weighted by molar-refractivity contribution is 0.601. The molecule has 7 heteroatoms. The van der Waals surface area contributed by atoms with Gasteiger partial charge in [0, 0.05) is 10.7 Å². The molecule has 0 fully saturated rings. The van der Waals surface area contributed by atoms with Crippen molar-refractivity contribution >= 4 is 43.2 Å². The second-order valence-corrected chi connectivity index (χ2v) is 7.45. The highest BCUT2D eigenvalue weighted by Gasteiger charge is 2.16. The average molecular weight is 390 g/mol. The van der Waals surface area contributed by atoms with Gasteiger partial charge in [0.25, 0.3) is 10.0 Å². The third kappa shape index (κ3) is 4.18. The maximum atomic E-state index is 12.3. The zero-order chi connectivity index (χ0) is 15.5. The van der Waals surface area contributed by atoms with E-state index in [4.69, 9.17) is 11.6 Å². The van der Waals surface area contributed by atoms with Gasteiger partial charge in [0.1, 0.15) is 0 Å². The highest BCUT2D eigenvalue weighted by molar-refractivity contribution is 9.10. The number of rotatable bonds is 5. The first-order valence-electron chi connectivity index (χ1n) is 6.35. The summed E-state index contributed by atoms with van der Waals surface area (Å²) < 4.78 is 27.7. The van der Waals surface area contributed by atoms with Gasteiger partial charge in [-0.25, -0.2) is 13.4 Å². The van der Waals surface area contributed by atoms with Gasteiger partial charge >= 0.3 is 0 Å². The van der Waals surface area contributed by atoms with E-state index in [0.717, 1.165) is 18.4 Å². The minimum absolute atomic E-state index is 0.101. The van der Waals surface area contributed by atoms with Gasteiger partial charge in [0.2, 0.25) is 0 Å². The number of sulfonamides is 1. The zero-order valence-electron chi connectivity index (χ0n) is 11.3. The molecule has 0 amide bonds. The van der Waals surface area contributed by atoms with E-state index in [-0.39, 0.29) is 15.7 Å². The van der Waals surface area contributed by atoms with E-state index >= 15 is 0 Å². The first-order valence-corrected chi connectivity index (χ1v) is 9.00. The molecule has 2 aromatic rings. The van der Waals surface area contributed by atoms with Gasteiger partial charge < -0.3 is 0 Å². The van der Waals surface area contributed by atoms with Crippen molar-refractivity contribution in [1.82, 2.24) is 4.98 Å². The van der Waals surface area contributed by atoms with E-state index in [0.29, 0.717) is 4.47 Å². The normalized spacial score (nSPS) is 11.4. The van der Waals surface area contributed by atoms with Crippen LogP contribution in [-0.4, -0.2) is 13.4 Å². The van der Waals surface area contributed by atoms with E-state index in [1.54, 1.807) is 18.2 Å². The van der Waals surface area contributed by atoms with Crippen molar-refractivity contribution < 1.29 is 8.42 Å². The van der Waals surface area contributed by atoms with Gasteiger partial charge in [0.15, 0.2) is 5.15 Å². The lowest BCUT2D eigenvalue weighted by Gasteiger charge is -2.10. The van der Waals surface area contributed by atoms with E-state index in [9.17, 15) is 8.42 Å². The van der Waals surface area contributed by atoms with Crippen LogP contribution in [-0.2, 0) is 16.4 Å². The smallest absolute Gasteiger partial charge is 0.261 e.